The zero-order valence-corrected chi connectivity index (χ0v) is 18.5. The third kappa shape index (κ3) is 4.27. The van der Waals surface area contributed by atoms with Gasteiger partial charge in [-0.05, 0) is 48.2 Å². The minimum atomic E-state index is -0.547. The van der Waals surface area contributed by atoms with Gasteiger partial charge in [-0.2, -0.15) is 5.10 Å². The van der Waals surface area contributed by atoms with E-state index in [1.54, 1.807) is 16.9 Å². The Bertz CT molecular complexity index is 1320. The Morgan fingerprint density at radius 1 is 1.27 bits per heavy atom. The average Bonchev–Trinajstić information content (AvgIpc) is 3.19. The van der Waals surface area contributed by atoms with Crippen molar-refractivity contribution in [3.63, 3.8) is 0 Å². The second-order valence-corrected chi connectivity index (χ2v) is 7.68. The fourth-order valence-electron chi connectivity index (χ4n) is 3.91. The topological polar surface area (TPSA) is 102 Å². The minimum absolute atomic E-state index is 0.0188. The predicted octanol–water partition coefficient (Wildman–Crippen LogP) is 3.92. The quantitative estimate of drug-likeness (QED) is 0.443. The van der Waals surface area contributed by atoms with Crippen LogP contribution in [0.15, 0.2) is 48.8 Å². The van der Waals surface area contributed by atoms with Gasteiger partial charge in [0.15, 0.2) is 5.82 Å². The van der Waals surface area contributed by atoms with E-state index >= 15 is 0 Å². The van der Waals surface area contributed by atoms with E-state index in [-0.39, 0.29) is 35.4 Å². The van der Waals surface area contributed by atoms with E-state index in [1.807, 2.05) is 26.1 Å². The summed E-state index contributed by atoms with van der Waals surface area (Å²) in [4.78, 5) is 21.5. The molecule has 8 nitrogen and oxygen atoms in total. The number of amides is 1. The van der Waals surface area contributed by atoms with E-state index in [4.69, 9.17) is 4.74 Å². The van der Waals surface area contributed by atoms with Gasteiger partial charge in [0, 0.05) is 30.9 Å². The smallest absolute Gasteiger partial charge is 0.274 e. The highest BCUT2D eigenvalue weighted by Gasteiger charge is 2.20. The van der Waals surface area contributed by atoms with Gasteiger partial charge in [0.1, 0.15) is 17.3 Å². The average molecular weight is 449 g/mol. The summed E-state index contributed by atoms with van der Waals surface area (Å²) in [6, 6.07) is 9.57. The Kier molecular flexibility index (Phi) is 6.32. The van der Waals surface area contributed by atoms with E-state index < -0.39 is 11.7 Å². The van der Waals surface area contributed by atoms with Crippen molar-refractivity contribution in [2.75, 3.05) is 19.0 Å². The van der Waals surface area contributed by atoms with Crippen molar-refractivity contribution < 1.29 is 19.0 Å². The third-order valence-corrected chi connectivity index (χ3v) is 5.58. The molecule has 1 atom stereocenters. The van der Waals surface area contributed by atoms with Gasteiger partial charge in [-0.1, -0.05) is 13.0 Å². The zero-order chi connectivity index (χ0) is 23.5. The Balaban J connectivity index is 1.72. The molecule has 9 heteroatoms. The number of ether oxygens (including phenoxy) is 1. The number of anilines is 1. The van der Waals surface area contributed by atoms with Crippen LogP contribution < -0.4 is 10.1 Å². The number of fused-ring (bicyclic) bond motifs is 1. The summed E-state index contributed by atoms with van der Waals surface area (Å²) in [5.41, 5.74) is 2.57. The van der Waals surface area contributed by atoms with Gasteiger partial charge >= 0.3 is 0 Å². The summed E-state index contributed by atoms with van der Waals surface area (Å²) < 4.78 is 21.5. The number of hydrogen-bond donors (Lipinski definition) is 2. The highest BCUT2D eigenvalue weighted by atomic mass is 19.1. The monoisotopic (exact) mass is 449 g/mol. The second kappa shape index (κ2) is 9.33. The van der Waals surface area contributed by atoms with Crippen LogP contribution in [0.25, 0.3) is 22.3 Å². The van der Waals surface area contributed by atoms with Gasteiger partial charge in [-0.3, -0.25) is 9.48 Å². The van der Waals surface area contributed by atoms with E-state index in [9.17, 15) is 14.3 Å². The molecule has 2 aromatic heterocycles. The zero-order valence-electron chi connectivity index (χ0n) is 18.5. The van der Waals surface area contributed by atoms with Crippen molar-refractivity contribution in [3.05, 3.63) is 65.9 Å². The summed E-state index contributed by atoms with van der Waals surface area (Å²) >= 11 is 0. The van der Waals surface area contributed by atoms with Gasteiger partial charge in [0.2, 0.25) is 0 Å². The molecule has 1 unspecified atom stereocenters. The van der Waals surface area contributed by atoms with Crippen LogP contribution in [-0.2, 0) is 7.05 Å². The van der Waals surface area contributed by atoms with Gasteiger partial charge < -0.3 is 15.2 Å². The predicted molar refractivity (Wildman–Crippen MR) is 123 cm³/mol. The van der Waals surface area contributed by atoms with Gasteiger partial charge in [0.05, 0.1) is 24.4 Å². The number of halogens is 1. The van der Waals surface area contributed by atoms with Crippen LogP contribution in [-0.4, -0.2) is 44.5 Å². The van der Waals surface area contributed by atoms with Crippen LogP contribution >= 0.6 is 0 Å². The molecule has 2 aromatic carbocycles. The lowest BCUT2D eigenvalue weighted by molar-refractivity contribution is 0.102. The number of nitrogens with zero attached hydrogens (tertiary/aromatic N) is 4. The van der Waals surface area contributed by atoms with Crippen molar-refractivity contribution in [2.24, 2.45) is 7.05 Å². The molecule has 0 saturated heterocycles. The Morgan fingerprint density at radius 2 is 2.09 bits per heavy atom. The summed E-state index contributed by atoms with van der Waals surface area (Å²) in [5, 5.41) is 17.6. The number of aryl methyl sites for hydroxylation is 1. The molecule has 4 rings (SSSR count). The van der Waals surface area contributed by atoms with E-state index in [2.05, 4.69) is 20.4 Å². The molecule has 0 bridgehead atoms. The molecule has 0 aliphatic carbocycles. The molecule has 1 amide bonds. The molecular weight excluding hydrogens is 425 g/mol. The number of carbonyl (C=O) groups is 1. The molecule has 0 aliphatic rings. The normalized spacial score (nSPS) is 12.0. The number of benzene rings is 2. The lowest BCUT2D eigenvalue weighted by Crippen LogP contribution is -2.16. The van der Waals surface area contributed by atoms with Crippen molar-refractivity contribution in [2.45, 2.75) is 19.3 Å². The number of hydrogen-bond acceptors (Lipinski definition) is 6. The van der Waals surface area contributed by atoms with E-state index in [1.165, 1.54) is 31.5 Å². The SMILES string of the molecule is COc1cccc(F)c1-c1nccc(C(=O)Nc2ccc3c(cnn3C)c2C(C)CCO)n1. The van der Waals surface area contributed by atoms with Gasteiger partial charge in [-0.25, -0.2) is 14.4 Å². The van der Waals surface area contributed by atoms with Crippen LogP contribution in [0.3, 0.4) is 0 Å². The van der Waals surface area contributed by atoms with Gasteiger partial charge in [-0.15, -0.1) is 0 Å². The van der Waals surface area contributed by atoms with Crippen LogP contribution in [0.5, 0.6) is 5.75 Å². The Hall–Kier alpha value is -3.85. The summed E-state index contributed by atoms with van der Waals surface area (Å²) in [5.74, 6) is -0.714. The highest BCUT2D eigenvalue weighted by Crippen LogP contribution is 2.34. The summed E-state index contributed by atoms with van der Waals surface area (Å²) in [6.07, 6.45) is 3.69. The first-order chi connectivity index (χ1) is 15.9. The summed E-state index contributed by atoms with van der Waals surface area (Å²) in [6.45, 7) is 2.01. The van der Waals surface area contributed by atoms with E-state index in [0.717, 1.165) is 16.5 Å². The molecule has 170 valence electrons. The van der Waals surface area contributed by atoms with Crippen LogP contribution in [0.2, 0.25) is 0 Å². The molecule has 2 N–H and O–H groups in total. The Morgan fingerprint density at radius 3 is 2.85 bits per heavy atom. The first-order valence-electron chi connectivity index (χ1n) is 10.5. The van der Waals surface area contributed by atoms with Crippen molar-refractivity contribution in [3.8, 4) is 17.1 Å². The molecule has 0 aliphatic heterocycles. The number of aliphatic hydroxyl groups excluding tert-OH is 1. The van der Waals surface area contributed by atoms with E-state index in [0.29, 0.717) is 12.1 Å². The molecule has 2 heterocycles. The lowest BCUT2D eigenvalue weighted by atomic mass is 9.93. The number of nitrogens with one attached hydrogen (secondary N) is 1. The first-order valence-corrected chi connectivity index (χ1v) is 10.5. The van der Waals surface area contributed by atoms with Gasteiger partial charge in [0.25, 0.3) is 5.91 Å². The van der Waals surface area contributed by atoms with Crippen molar-refractivity contribution >= 4 is 22.5 Å². The number of methoxy groups -OCH3 is 1. The van der Waals surface area contributed by atoms with Crippen LogP contribution in [0.4, 0.5) is 10.1 Å². The van der Waals surface area contributed by atoms with Crippen molar-refractivity contribution in [1.82, 2.24) is 19.7 Å². The fraction of sp³-hybridized carbons (Fsp3) is 0.250. The van der Waals surface area contributed by atoms with Crippen LogP contribution in [0.1, 0.15) is 35.3 Å². The number of rotatable bonds is 7. The molecule has 0 spiro atoms. The number of aromatic nitrogens is 4. The molecule has 33 heavy (non-hydrogen) atoms. The molecule has 0 fully saturated rings. The number of carbonyl (C=O) groups excluding carboxylic acids is 1. The summed E-state index contributed by atoms with van der Waals surface area (Å²) in [7, 11) is 3.28. The minimum Gasteiger partial charge on any atom is -0.496 e. The standard InChI is InChI=1S/C24H24FN5O3/c1-14(10-12-31)21-15-13-27-30(2)19(15)8-7-17(21)29-24(32)18-9-11-26-23(28-18)22-16(25)5-4-6-20(22)33-3/h4-9,11,13-14,31H,10,12H2,1-3H3,(H,29,32). The molecule has 0 saturated carbocycles. The Labute approximate surface area is 190 Å². The third-order valence-electron chi connectivity index (χ3n) is 5.58. The maximum absolute atomic E-state index is 14.5. The molecule has 4 aromatic rings. The maximum atomic E-state index is 14.5. The molecular formula is C24H24FN5O3. The first kappa shape index (κ1) is 22.3. The highest BCUT2D eigenvalue weighted by molar-refractivity contribution is 6.05. The maximum Gasteiger partial charge on any atom is 0.274 e. The lowest BCUT2D eigenvalue weighted by Gasteiger charge is -2.18. The van der Waals surface area contributed by atoms with Crippen LogP contribution in [0, 0.1) is 5.82 Å². The second-order valence-electron chi connectivity index (χ2n) is 7.68. The van der Waals surface area contributed by atoms with Crippen molar-refractivity contribution in [1.29, 1.82) is 0 Å². The largest absolute Gasteiger partial charge is 0.496 e. The number of aliphatic hydroxyl groups is 1. The fourth-order valence-corrected chi connectivity index (χ4v) is 3.91. The molecule has 0 radical (unpaired) electrons.